The van der Waals surface area contributed by atoms with Gasteiger partial charge in [0.15, 0.2) is 5.13 Å². The van der Waals surface area contributed by atoms with E-state index in [2.05, 4.69) is 34.4 Å². The molecule has 1 saturated heterocycles. The summed E-state index contributed by atoms with van der Waals surface area (Å²) in [5.41, 5.74) is 1.31. The minimum Gasteiger partial charge on any atom is -0.343 e. The van der Waals surface area contributed by atoms with E-state index in [9.17, 15) is 9.59 Å². The molecule has 2 aromatic rings. The number of halogens is 1. The van der Waals surface area contributed by atoms with Gasteiger partial charge in [-0.15, -0.1) is 11.3 Å². The quantitative estimate of drug-likeness (QED) is 0.748. The molecule has 1 aliphatic heterocycles. The first-order valence-electron chi connectivity index (χ1n) is 9.40. The molecule has 150 valence electrons. The van der Waals surface area contributed by atoms with Gasteiger partial charge in [-0.1, -0.05) is 37.6 Å². The largest absolute Gasteiger partial charge is 0.343 e. The van der Waals surface area contributed by atoms with Gasteiger partial charge in [0.1, 0.15) is 0 Å². The van der Waals surface area contributed by atoms with Crippen LogP contribution in [0.2, 0.25) is 5.02 Å². The van der Waals surface area contributed by atoms with Gasteiger partial charge in [-0.3, -0.25) is 14.5 Å². The molecule has 0 bridgehead atoms. The number of piperidine rings is 1. The molecule has 2 amide bonds. The zero-order chi connectivity index (χ0) is 20.1. The smallest absolute Gasteiger partial charge is 0.253 e. The Labute approximate surface area is 174 Å². The number of amides is 2. The number of hydrogen-bond acceptors (Lipinski definition) is 5. The standard InChI is InChI=1S/C20H25ClN4O2S/c1-13-7-14(2)10-25(9-13)11-15-12-28-20(23-15)24-18(26)8-22-19(27)16-5-3-4-6-17(16)21/h3-6,12-14H,7-11H2,1-2H3,(H,22,27)(H,23,24,26)/t13-,14-/m0/s1. The lowest BCUT2D eigenvalue weighted by molar-refractivity contribution is -0.115. The number of thiazole rings is 1. The molecular formula is C20H25ClN4O2S. The number of likely N-dealkylation sites (tertiary alicyclic amines) is 1. The summed E-state index contributed by atoms with van der Waals surface area (Å²) in [6, 6.07) is 6.72. The predicted molar refractivity (Wildman–Crippen MR) is 113 cm³/mol. The van der Waals surface area contributed by atoms with E-state index in [1.54, 1.807) is 24.3 Å². The Balaban J connectivity index is 1.47. The molecule has 6 nitrogen and oxygen atoms in total. The first kappa shape index (κ1) is 20.8. The number of carbonyl (C=O) groups excluding carboxylic acids is 2. The molecule has 2 N–H and O–H groups in total. The number of aromatic nitrogens is 1. The fourth-order valence-corrected chi connectivity index (χ4v) is 4.59. The summed E-state index contributed by atoms with van der Waals surface area (Å²) < 4.78 is 0. The molecule has 0 saturated carbocycles. The number of benzene rings is 1. The van der Waals surface area contributed by atoms with E-state index in [1.807, 2.05) is 5.38 Å². The second-order valence-corrected chi connectivity index (χ2v) is 8.76. The molecule has 3 rings (SSSR count). The predicted octanol–water partition coefficient (Wildman–Crippen LogP) is 3.64. The van der Waals surface area contributed by atoms with Crippen LogP contribution < -0.4 is 10.6 Å². The maximum absolute atomic E-state index is 12.1. The molecular weight excluding hydrogens is 396 g/mol. The van der Waals surface area contributed by atoms with Crippen molar-refractivity contribution in [2.24, 2.45) is 11.8 Å². The number of nitrogens with zero attached hydrogens (tertiary/aromatic N) is 2. The van der Waals surface area contributed by atoms with Gasteiger partial charge in [0.05, 0.1) is 22.8 Å². The number of rotatable bonds is 6. The Morgan fingerprint density at radius 1 is 1.25 bits per heavy atom. The molecule has 8 heteroatoms. The van der Waals surface area contributed by atoms with Crippen molar-refractivity contribution >= 4 is 39.9 Å². The van der Waals surface area contributed by atoms with Crippen LogP contribution in [0, 0.1) is 11.8 Å². The van der Waals surface area contributed by atoms with Crippen LogP contribution in [0.25, 0.3) is 0 Å². The van der Waals surface area contributed by atoms with Crippen molar-refractivity contribution < 1.29 is 9.59 Å². The second-order valence-electron chi connectivity index (χ2n) is 7.49. The summed E-state index contributed by atoms with van der Waals surface area (Å²) in [7, 11) is 0. The highest BCUT2D eigenvalue weighted by molar-refractivity contribution is 7.13. The molecule has 1 aromatic carbocycles. The fourth-order valence-electron chi connectivity index (χ4n) is 3.65. The third-order valence-electron chi connectivity index (χ3n) is 4.66. The molecule has 2 atom stereocenters. The highest BCUT2D eigenvalue weighted by atomic mass is 35.5. The van der Waals surface area contributed by atoms with Gasteiger partial charge in [0.25, 0.3) is 5.91 Å². The molecule has 0 aliphatic carbocycles. The summed E-state index contributed by atoms with van der Waals surface area (Å²) in [6.07, 6.45) is 1.27. The Morgan fingerprint density at radius 3 is 2.68 bits per heavy atom. The van der Waals surface area contributed by atoms with Gasteiger partial charge in [-0.25, -0.2) is 4.98 Å². The van der Waals surface area contributed by atoms with Crippen LogP contribution in [0.3, 0.4) is 0 Å². The Hall–Kier alpha value is -1.96. The van der Waals surface area contributed by atoms with E-state index >= 15 is 0 Å². The van der Waals surface area contributed by atoms with Gasteiger partial charge in [0.2, 0.25) is 5.91 Å². The minimum atomic E-state index is -0.381. The molecule has 1 aliphatic rings. The van der Waals surface area contributed by atoms with E-state index < -0.39 is 0 Å². The van der Waals surface area contributed by atoms with Gasteiger partial charge in [0, 0.05) is 25.0 Å². The Bertz CT molecular complexity index is 831. The van der Waals surface area contributed by atoms with Crippen molar-refractivity contribution in [2.75, 3.05) is 25.0 Å². The Morgan fingerprint density at radius 2 is 1.96 bits per heavy atom. The molecule has 0 radical (unpaired) electrons. The van der Waals surface area contributed by atoms with Crippen LogP contribution >= 0.6 is 22.9 Å². The topological polar surface area (TPSA) is 74.3 Å². The van der Waals surface area contributed by atoms with Gasteiger partial charge < -0.3 is 10.6 Å². The number of carbonyl (C=O) groups is 2. The van der Waals surface area contributed by atoms with Crippen LogP contribution in [-0.2, 0) is 11.3 Å². The van der Waals surface area contributed by atoms with Gasteiger partial charge in [-0.2, -0.15) is 0 Å². The zero-order valence-electron chi connectivity index (χ0n) is 16.1. The van der Waals surface area contributed by atoms with E-state index in [0.29, 0.717) is 27.6 Å². The third kappa shape index (κ3) is 5.77. The SMILES string of the molecule is C[C@H]1C[C@H](C)CN(Cc2csc(NC(=O)CNC(=O)c3ccccc3Cl)n2)C1. The van der Waals surface area contributed by atoms with E-state index in [1.165, 1.54) is 17.8 Å². The third-order valence-corrected chi connectivity index (χ3v) is 5.79. The van der Waals surface area contributed by atoms with Crippen LogP contribution in [0.15, 0.2) is 29.6 Å². The van der Waals surface area contributed by atoms with E-state index in [4.69, 9.17) is 11.6 Å². The number of hydrogen-bond donors (Lipinski definition) is 2. The number of anilines is 1. The van der Waals surface area contributed by atoms with Crippen LogP contribution in [0.4, 0.5) is 5.13 Å². The van der Waals surface area contributed by atoms with Crippen molar-refractivity contribution in [3.05, 3.63) is 45.9 Å². The summed E-state index contributed by atoms with van der Waals surface area (Å²) in [5.74, 6) is 0.696. The molecule has 1 fully saturated rings. The van der Waals surface area contributed by atoms with Crippen LogP contribution in [0.1, 0.15) is 36.3 Å². The first-order valence-corrected chi connectivity index (χ1v) is 10.7. The average molecular weight is 421 g/mol. The van der Waals surface area contributed by atoms with Gasteiger partial charge in [-0.05, 0) is 30.4 Å². The van der Waals surface area contributed by atoms with Crippen molar-refractivity contribution in [3.8, 4) is 0 Å². The van der Waals surface area contributed by atoms with Crippen molar-refractivity contribution in [1.29, 1.82) is 0 Å². The van der Waals surface area contributed by atoms with Crippen LogP contribution in [-0.4, -0.2) is 41.3 Å². The monoisotopic (exact) mass is 420 g/mol. The lowest BCUT2D eigenvalue weighted by atomic mass is 9.92. The maximum atomic E-state index is 12.1. The first-order chi connectivity index (χ1) is 13.4. The van der Waals surface area contributed by atoms with E-state index in [-0.39, 0.29) is 18.4 Å². The number of nitrogens with one attached hydrogen (secondary N) is 2. The van der Waals surface area contributed by atoms with Gasteiger partial charge >= 0.3 is 0 Å². The lowest BCUT2D eigenvalue weighted by Crippen LogP contribution is -2.38. The summed E-state index contributed by atoms with van der Waals surface area (Å²) in [5, 5.41) is 8.19. The lowest BCUT2D eigenvalue weighted by Gasteiger charge is -2.34. The molecule has 28 heavy (non-hydrogen) atoms. The highest BCUT2D eigenvalue weighted by Gasteiger charge is 2.22. The summed E-state index contributed by atoms with van der Waals surface area (Å²) in [6.45, 7) is 7.39. The zero-order valence-corrected chi connectivity index (χ0v) is 17.6. The van der Waals surface area contributed by atoms with Crippen molar-refractivity contribution in [1.82, 2.24) is 15.2 Å². The highest BCUT2D eigenvalue weighted by Crippen LogP contribution is 2.24. The Kier molecular flexibility index (Phi) is 7.04. The minimum absolute atomic E-state index is 0.139. The molecule has 0 spiro atoms. The van der Waals surface area contributed by atoms with Crippen molar-refractivity contribution in [2.45, 2.75) is 26.8 Å². The normalized spacial score (nSPS) is 20.0. The summed E-state index contributed by atoms with van der Waals surface area (Å²) in [4.78, 5) is 31.1. The van der Waals surface area contributed by atoms with Crippen molar-refractivity contribution in [3.63, 3.8) is 0 Å². The fraction of sp³-hybridized carbons (Fsp3) is 0.450. The average Bonchev–Trinajstić information content (AvgIpc) is 3.06. The van der Waals surface area contributed by atoms with E-state index in [0.717, 1.165) is 25.3 Å². The molecule has 2 heterocycles. The summed E-state index contributed by atoms with van der Waals surface area (Å²) >= 11 is 7.39. The second kappa shape index (κ2) is 9.49. The maximum Gasteiger partial charge on any atom is 0.253 e. The van der Waals surface area contributed by atoms with Crippen LogP contribution in [0.5, 0.6) is 0 Å². The molecule has 1 aromatic heterocycles. The molecule has 0 unspecified atom stereocenters.